The van der Waals surface area contributed by atoms with E-state index in [0.29, 0.717) is 28.7 Å². The summed E-state index contributed by atoms with van der Waals surface area (Å²) in [5.74, 6) is 0.755. The van der Waals surface area contributed by atoms with Gasteiger partial charge in [0, 0.05) is 0 Å². The van der Waals surface area contributed by atoms with E-state index >= 15 is 0 Å². The van der Waals surface area contributed by atoms with Crippen molar-refractivity contribution in [2.24, 2.45) is 0 Å². The fourth-order valence-corrected chi connectivity index (χ4v) is 2.78. The molecule has 0 aliphatic rings. The number of H-pyrrole nitrogens is 1. The number of nitrogens with zero attached hydrogens (tertiary/aromatic N) is 3. The van der Waals surface area contributed by atoms with E-state index in [1.807, 2.05) is 31.2 Å². The van der Waals surface area contributed by atoms with E-state index in [1.54, 1.807) is 6.33 Å². The van der Waals surface area contributed by atoms with Crippen molar-refractivity contribution in [2.45, 2.75) is 11.9 Å². The van der Waals surface area contributed by atoms with Gasteiger partial charge in [-0.3, -0.25) is 4.79 Å². The summed E-state index contributed by atoms with van der Waals surface area (Å²) in [7, 11) is 0. The summed E-state index contributed by atoms with van der Waals surface area (Å²) in [5, 5.41) is 3.55. The summed E-state index contributed by atoms with van der Waals surface area (Å²) in [6.07, 6.45) is 3.00. The van der Waals surface area contributed by atoms with E-state index < -0.39 is 0 Å². The molecule has 8 heteroatoms. The van der Waals surface area contributed by atoms with Gasteiger partial charge < -0.3 is 15.0 Å². The van der Waals surface area contributed by atoms with Crippen LogP contribution in [0.3, 0.4) is 0 Å². The number of aromatic nitrogens is 4. The van der Waals surface area contributed by atoms with Gasteiger partial charge in [0.25, 0.3) is 0 Å². The Morgan fingerprint density at radius 1 is 1.30 bits per heavy atom. The molecule has 0 spiro atoms. The van der Waals surface area contributed by atoms with Crippen molar-refractivity contribution in [1.29, 1.82) is 0 Å². The third kappa shape index (κ3) is 3.59. The first kappa shape index (κ1) is 15.3. The molecule has 118 valence electrons. The fraction of sp³-hybridized carbons (Fsp3) is 0.200. The summed E-state index contributed by atoms with van der Waals surface area (Å²) in [4.78, 5) is 27.4. The highest BCUT2D eigenvalue weighted by Gasteiger charge is 2.11. The Balaban J connectivity index is 1.65. The molecule has 0 saturated heterocycles. The average Bonchev–Trinajstić information content (AvgIpc) is 3.04. The highest BCUT2D eigenvalue weighted by Crippen LogP contribution is 2.25. The van der Waals surface area contributed by atoms with Gasteiger partial charge in [0.05, 0.1) is 24.4 Å². The SMILES string of the molecule is CCOc1ccccc1NC(=O)CSc1ncnc2nc[nH]c12. The molecule has 2 N–H and O–H groups in total. The Morgan fingerprint density at radius 2 is 2.17 bits per heavy atom. The van der Waals surface area contributed by atoms with Crippen molar-refractivity contribution >= 4 is 34.5 Å². The Morgan fingerprint density at radius 3 is 3.04 bits per heavy atom. The fourth-order valence-electron chi connectivity index (χ4n) is 2.02. The molecule has 1 amide bonds. The largest absolute Gasteiger partial charge is 0.492 e. The van der Waals surface area contributed by atoms with Gasteiger partial charge >= 0.3 is 0 Å². The molecular formula is C15H15N5O2S. The number of aromatic amines is 1. The number of nitrogens with one attached hydrogen (secondary N) is 2. The van der Waals surface area contributed by atoms with Gasteiger partial charge in [0.1, 0.15) is 22.6 Å². The number of carbonyl (C=O) groups is 1. The van der Waals surface area contributed by atoms with E-state index in [1.165, 1.54) is 18.1 Å². The number of hydrogen-bond donors (Lipinski definition) is 2. The normalized spacial score (nSPS) is 10.7. The smallest absolute Gasteiger partial charge is 0.234 e. The summed E-state index contributed by atoms with van der Waals surface area (Å²) < 4.78 is 5.49. The van der Waals surface area contributed by atoms with Crippen LogP contribution in [0.1, 0.15) is 6.92 Å². The topological polar surface area (TPSA) is 92.8 Å². The molecule has 2 heterocycles. The van der Waals surface area contributed by atoms with Crippen LogP contribution in [0.2, 0.25) is 0 Å². The lowest BCUT2D eigenvalue weighted by Gasteiger charge is -2.11. The first-order valence-electron chi connectivity index (χ1n) is 7.06. The van der Waals surface area contributed by atoms with Crippen molar-refractivity contribution in [3.05, 3.63) is 36.9 Å². The van der Waals surface area contributed by atoms with Crippen LogP contribution in [0.15, 0.2) is 41.9 Å². The minimum absolute atomic E-state index is 0.131. The van der Waals surface area contributed by atoms with E-state index in [-0.39, 0.29) is 11.7 Å². The monoisotopic (exact) mass is 329 g/mol. The number of para-hydroxylation sites is 2. The number of rotatable bonds is 6. The zero-order valence-electron chi connectivity index (χ0n) is 12.4. The average molecular weight is 329 g/mol. The Kier molecular flexibility index (Phi) is 4.72. The van der Waals surface area contributed by atoms with E-state index in [4.69, 9.17) is 4.74 Å². The molecule has 3 rings (SSSR count). The van der Waals surface area contributed by atoms with E-state index in [9.17, 15) is 4.79 Å². The maximum absolute atomic E-state index is 12.2. The van der Waals surface area contributed by atoms with Crippen LogP contribution in [0.4, 0.5) is 5.69 Å². The molecule has 2 aromatic heterocycles. The first-order valence-corrected chi connectivity index (χ1v) is 8.05. The minimum Gasteiger partial charge on any atom is -0.492 e. The number of benzene rings is 1. The molecule has 0 bridgehead atoms. The maximum Gasteiger partial charge on any atom is 0.234 e. The molecule has 0 aliphatic heterocycles. The molecule has 0 radical (unpaired) electrons. The van der Waals surface area contributed by atoms with Gasteiger partial charge in [0.15, 0.2) is 5.65 Å². The highest BCUT2D eigenvalue weighted by atomic mass is 32.2. The molecule has 0 fully saturated rings. The van der Waals surface area contributed by atoms with E-state index in [2.05, 4.69) is 25.3 Å². The van der Waals surface area contributed by atoms with Crippen molar-refractivity contribution in [1.82, 2.24) is 19.9 Å². The second kappa shape index (κ2) is 7.10. The number of anilines is 1. The molecular weight excluding hydrogens is 314 g/mol. The second-order valence-corrected chi connectivity index (χ2v) is 5.51. The zero-order valence-corrected chi connectivity index (χ0v) is 13.3. The van der Waals surface area contributed by atoms with Crippen molar-refractivity contribution in [3.8, 4) is 5.75 Å². The Labute approximate surface area is 136 Å². The quantitative estimate of drug-likeness (QED) is 0.533. The summed E-state index contributed by atoms with van der Waals surface area (Å²) in [6.45, 7) is 2.44. The number of ether oxygens (including phenoxy) is 1. The van der Waals surface area contributed by atoms with Crippen LogP contribution in [0.5, 0.6) is 5.75 Å². The van der Waals surface area contributed by atoms with E-state index in [0.717, 1.165) is 5.52 Å². The van der Waals surface area contributed by atoms with Gasteiger partial charge in [-0.2, -0.15) is 0 Å². The van der Waals surface area contributed by atoms with Crippen molar-refractivity contribution < 1.29 is 9.53 Å². The molecule has 3 aromatic rings. The molecule has 0 atom stereocenters. The molecule has 0 aliphatic carbocycles. The minimum atomic E-state index is -0.131. The van der Waals surface area contributed by atoms with Crippen LogP contribution < -0.4 is 10.1 Å². The van der Waals surface area contributed by atoms with Crippen LogP contribution in [0.25, 0.3) is 11.2 Å². The van der Waals surface area contributed by atoms with Crippen LogP contribution in [-0.2, 0) is 4.79 Å². The predicted molar refractivity (Wildman–Crippen MR) is 88.6 cm³/mol. The summed E-state index contributed by atoms with van der Waals surface area (Å²) in [6, 6.07) is 7.35. The maximum atomic E-state index is 12.2. The van der Waals surface area contributed by atoms with Crippen LogP contribution in [0, 0.1) is 0 Å². The molecule has 7 nitrogen and oxygen atoms in total. The van der Waals surface area contributed by atoms with Gasteiger partial charge in [-0.15, -0.1) is 0 Å². The number of carbonyl (C=O) groups excluding carboxylic acids is 1. The number of thioether (sulfide) groups is 1. The van der Waals surface area contributed by atoms with Gasteiger partial charge in [-0.1, -0.05) is 23.9 Å². The standard InChI is InChI=1S/C15H15N5O2S/c1-2-22-11-6-4-3-5-10(11)20-12(21)7-23-15-13-14(17-8-16-13)18-9-19-15/h3-6,8-9H,2,7H2,1H3,(H,20,21)(H,16,17,18,19). The lowest BCUT2D eigenvalue weighted by molar-refractivity contribution is -0.113. The number of amides is 1. The predicted octanol–water partition coefficient (Wildman–Crippen LogP) is 2.48. The lowest BCUT2D eigenvalue weighted by atomic mass is 10.3. The molecule has 0 saturated carbocycles. The number of imidazole rings is 1. The second-order valence-electron chi connectivity index (χ2n) is 4.55. The zero-order chi connectivity index (χ0) is 16.1. The Hall–Kier alpha value is -2.61. The lowest BCUT2D eigenvalue weighted by Crippen LogP contribution is -2.15. The summed E-state index contributed by atoms with van der Waals surface area (Å²) >= 11 is 1.33. The number of hydrogen-bond acceptors (Lipinski definition) is 6. The number of fused-ring (bicyclic) bond motifs is 1. The summed E-state index contributed by atoms with van der Waals surface area (Å²) in [5.41, 5.74) is 1.99. The van der Waals surface area contributed by atoms with Crippen LogP contribution in [-0.4, -0.2) is 38.2 Å². The van der Waals surface area contributed by atoms with Gasteiger partial charge in [-0.25, -0.2) is 15.0 Å². The first-order chi connectivity index (χ1) is 11.3. The van der Waals surface area contributed by atoms with Crippen molar-refractivity contribution in [2.75, 3.05) is 17.7 Å². The van der Waals surface area contributed by atoms with Crippen molar-refractivity contribution in [3.63, 3.8) is 0 Å². The third-order valence-corrected chi connectivity index (χ3v) is 3.98. The Bertz CT molecular complexity index is 820. The van der Waals surface area contributed by atoms with Gasteiger partial charge in [0.2, 0.25) is 5.91 Å². The molecule has 0 unspecified atom stereocenters. The van der Waals surface area contributed by atoms with Crippen LogP contribution >= 0.6 is 11.8 Å². The molecule has 1 aromatic carbocycles. The van der Waals surface area contributed by atoms with Gasteiger partial charge in [-0.05, 0) is 19.1 Å². The third-order valence-electron chi connectivity index (χ3n) is 2.99. The highest BCUT2D eigenvalue weighted by molar-refractivity contribution is 8.00. The molecule has 23 heavy (non-hydrogen) atoms.